The van der Waals surface area contributed by atoms with E-state index < -0.39 is 34.0 Å². The molecule has 2 N–H and O–H groups in total. The first-order chi connectivity index (χ1) is 11.6. The van der Waals surface area contributed by atoms with Crippen molar-refractivity contribution in [2.45, 2.75) is 49.8 Å². The molecule has 1 aliphatic rings. The molecule has 0 aliphatic heterocycles. The summed E-state index contributed by atoms with van der Waals surface area (Å²) in [6.07, 6.45) is 0.809. The third kappa shape index (κ3) is 5.57. The highest BCUT2D eigenvalue weighted by atomic mass is 35.5. The summed E-state index contributed by atoms with van der Waals surface area (Å²) in [5.74, 6) is -1.27. The van der Waals surface area contributed by atoms with E-state index in [9.17, 15) is 18.0 Å². The van der Waals surface area contributed by atoms with Crippen molar-refractivity contribution < 1.29 is 22.7 Å². The predicted molar refractivity (Wildman–Crippen MR) is 93.0 cm³/mol. The fourth-order valence-electron chi connectivity index (χ4n) is 1.87. The van der Waals surface area contributed by atoms with Crippen LogP contribution in [0.1, 0.15) is 26.7 Å². The maximum Gasteiger partial charge on any atom is 0.324 e. The van der Waals surface area contributed by atoms with Crippen molar-refractivity contribution in [3.8, 4) is 0 Å². The van der Waals surface area contributed by atoms with Gasteiger partial charge in [-0.2, -0.15) is 4.72 Å². The van der Waals surface area contributed by atoms with Crippen LogP contribution in [0.2, 0.25) is 10.0 Å². The summed E-state index contributed by atoms with van der Waals surface area (Å²) in [4.78, 5) is 23.6. The molecule has 0 aromatic heterocycles. The minimum atomic E-state index is -4.00. The van der Waals surface area contributed by atoms with Gasteiger partial charge in [-0.3, -0.25) is 9.59 Å². The lowest BCUT2D eigenvalue weighted by molar-refractivity contribution is -0.156. The van der Waals surface area contributed by atoms with Crippen molar-refractivity contribution in [2.24, 2.45) is 0 Å². The molecule has 0 unspecified atom stereocenters. The molecule has 0 saturated heterocycles. The lowest BCUT2D eigenvalue weighted by atomic mass is 10.3. The Kier molecular flexibility index (Phi) is 6.31. The highest BCUT2D eigenvalue weighted by Gasteiger charge is 2.29. The number of benzene rings is 1. The number of esters is 1. The van der Waals surface area contributed by atoms with Crippen LogP contribution in [0.3, 0.4) is 0 Å². The zero-order chi connectivity index (χ0) is 18.8. The van der Waals surface area contributed by atoms with E-state index in [0.717, 1.165) is 12.8 Å². The third-order valence-corrected chi connectivity index (χ3v) is 5.75. The average Bonchev–Trinajstić information content (AvgIpc) is 3.33. The molecule has 2 atom stereocenters. The minimum absolute atomic E-state index is 0.0742. The number of hydrogen-bond acceptors (Lipinski definition) is 5. The van der Waals surface area contributed by atoms with Crippen LogP contribution in [0.5, 0.6) is 0 Å². The van der Waals surface area contributed by atoms with Crippen molar-refractivity contribution in [2.75, 3.05) is 0 Å². The topological polar surface area (TPSA) is 102 Å². The molecule has 1 aromatic rings. The quantitative estimate of drug-likeness (QED) is 0.670. The zero-order valence-corrected chi connectivity index (χ0v) is 15.9. The normalized spacial score (nSPS) is 16.8. The number of carbonyl (C=O) groups excluding carboxylic acids is 2. The smallest absolute Gasteiger partial charge is 0.324 e. The molecule has 138 valence electrons. The maximum atomic E-state index is 12.3. The first kappa shape index (κ1) is 20.0. The van der Waals surface area contributed by atoms with Crippen LogP contribution < -0.4 is 10.0 Å². The second kappa shape index (κ2) is 7.90. The SMILES string of the molecule is C[C@H](NS(=O)(=O)c1ccc(Cl)c(Cl)c1)C(=O)O[C@@H](C)C(=O)NC1CC1. The van der Waals surface area contributed by atoms with Crippen LogP contribution in [0, 0.1) is 0 Å². The van der Waals surface area contributed by atoms with Crippen LogP contribution in [-0.2, 0) is 24.3 Å². The Bertz CT molecular complexity index is 780. The maximum absolute atomic E-state index is 12.3. The highest BCUT2D eigenvalue weighted by molar-refractivity contribution is 7.89. The Morgan fingerprint density at radius 3 is 2.40 bits per heavy atom. The fraction of sp³-hybridized carbons (Fsp3) is 0.467. The molecule has 0 heterocycles. The van der Waals surface area contributed by atoms with Crippen molar-refractivity contribution in [3.63, 3.8) is 0 Å². The molecular formula is C15H18Cl2N2O5S. The number of rotatable bonds is 7. The lowest BCUT2D eigenvalue weighted by Crippen LogP contribution is -2.43. The van der Waals surface area contributed by atoms with E-state index in [4.69, 9.17) is 27.9 Å². The Balaban J connectivity index is 1.96. The van der Waals surface area contributed by atoms with E-state index in [0.29, 0.717) is 0 Å². The summed E-state index contributed by atoms with van der Waals surface area (Å²) >= 11 is 11.6. The van der Waals surface area contributed by atoms with Gasteiger partial charge in [-0.25, -0.2) is 8.42 Å². The number of amides is 1. The molecule has 25 heavy (non-hydrogen) atoms. The van der Waals surface area contributed by atoms with Crippen LogP contribution >= 0.6 is 23.2 Å². The molecule has 7 nitrogen and oxygen atoms in total. The van der Waals surface area contributed by atoms with Crippen molar-refractivity contribution in [3.05, 3.63) is 28.2 Å². The largest absolute Gasteiger partial charge is 0.451 e. The molecular weight excluding hydrogens is 391 g/mol. The van der Waals surface area contributed by atoms with E-state index in [1.165, 1.54) is 32.0 Å². The molecule has 1 fully saturated rings. The monoisotopic (exact) mass is 408 g/mol. The minimum Gasteiger partial charge on any atom is -0.451 e. The predicted octanol–water partition coefficient (Wildman–Crippen LogP) is 1.87. The van der Waals surface area contributed by atoms with Gasteiger partial charge in [0, 0.05) is 6.04 Å². The van der Waals surface area contributed by atoms with E-state index in [1.807, 2.05) is 0 Å². The molecule has 0 radical (unpaired) electrons. The van der Waals surface area contributed by atoms with Crippen molar-refractivity contribution >= 4 is 45.1 Å². The third-order valence-electron chi connectivity index (χ3n) is 3.47. The van der Waals surface area contributed by atoms with Gasteiger partial charge in [0.2, 0.25) is 10.0 Å². The Hall–Kier alpha value is -1.35. The van der Waals surface area contributed by atoms with Gasteiger partial charge in [0.15, 0.2) is 6.10 Å². The summed E-state index contributed by atoms with van der Waals surface area (Å²) in [6.45, 7) is 2.75. The fourth-order valence-corrected chi connectivity index (χ4v) is 3.45. The number of carbonyl (C=O) groups is 2. The number of ether oxygens (including phenoxy) is 1. The van der Waals surface area contributed by atoms with Gasteiger partial charge in [-0.1, -0.05) is 23.2 Å². The summed E-state index contributed by atoms with van der Waals surface area (Å²) < 4.78 is 31.8. The number of hydrogen-bond donors (Lipinski definition) is 2. The van der Waals surface area contributed by atoms with E-state index in [-0.39, 0.29) is 21.0 Å². The van der Waals surface area contributed by atoms with Crippen LogP contribution in [0.15, 0.2) is 23.1 Å². The molecule has 2 rings (SSSR count). The second-order valence-corrected chi connectivity index (χ2v) is 8.31. The molecule has 0 spiro atoms. The summed E-state index contributed by atoms with van der Waals surface area (Å²) in [5, 5.41) is 2.99. The van der Waals surface area contributed by atoms with Crippen LogP contribution in [-0.4, -0.2) is 38.5 Å². The van der Waals surface area contributed by atoms with Gasteiger partial charge in [0.25, 0.3) is 5.91 Å². The lowest BCUT2D eigenvalue weighted by Gasteiger charge is -2.17. The van der Waals surface area contributed by atoms with Crippen molar-refractivity contribution in [1.82, 2.24) is 10.0 Å². The Labute approximate surface area is 156 Å². The number of halogens is 2. The van der Waals surface area contributed by atoms with Gasteiger partial charge in [0.1, 0.15) is 6.04 Å². The van der Waals surface area contributed by atoms with E-state index >= 15 is 0 Å². The van der Waals surface area contributed by atoms with Gasteiger partial charge in [0.05, 0.1) is 14.9 Å². The molecule has 1 aromatic carbocycles. The van der Waals surface area contributed by atoms with Gasteiger partial charge in [-0.05, 0) is 44.9 Å². The van der Waals surface area contributed by atoms with Crippen LogP contribution in [0.25, 0.3) is 0 Å². The second-order valence-electron chi connectivity index (χ2n) is 5.78. The van der Waals surface area contributed by atoms with E-state index in [2.05, 4.69) is 10.0 Å². The van der Waals surface area contributed by atoms with Gasteiger partial charge in [-0.15, -0.1) is 0 Å². The average molecular weight is 409 g/mol. The van der Waals surface area contributed by atoms with Gasteiger partial charge >= 0.3 is 5.97 Å². The standard InChI is InChI=1S/C15H18Cl2N2O5S/c1-8(15(21)24-9(2)14(20)18-10-3-4-10)19-25(22,23)11-5-6-12(16)13(17)7-11/h5-10,19H,3-4H2,1-2H3,(H,18,20)/t8-,9-/m0/s1. The molecule has 1 amide bonds. The summed E-state index contributed by atoms with van der Waals surface area (Å²) in [7, 11) is -4.00. The van der Waals surface area contributed by atoms with E-state index in [1.54, 1.807) is 0 Å². The zero-order valence-electron chi connectivity index (χ0n) is 13.6. The van der Waals surface area contributed by atoms with Crippen molar-refractivity contribution in [1.29, 1.82) is 0 Å². The molecule has 0 bridgehead atoms. The summed E-state index contributed by atoms with van der Waals surface area (Å²) in [6, 6.07) is 2.73. The number of nitrogens with one attached hydrogen (secondary N) is 2. The first-order valence-electron chi connectivity index (χ1n) is 7.58. The van der Waals surface area contributed by atoms with Crippen LogP contribution in [0.4, 0.5) is 0 Å². The Morgan fingerprint density at radius 1 is 1.20 bits per heavy atom. The summed E-state index contributed by atoms with van der Waals surface area (Å²) in [5.41, 5.74) is 0. The first-order valence-corrected chi connectivity index (χ1v) is 9.82. The molecule has 1 aliphatic carbocycles. The van der Waals surface area contributed by atoms with Gasteiger partial charge < -0.3 is 10.1 Å². The Morgan fingerprint density at radius 2 is 1.84 bits per heavy atom. The molecule has 1 saturated carbocycles. The highest BCUT2D eigenvalue weighted by Crippen LogP contribution is 2.25. The number of sulfonamides is 1. The molecule has 10 heteroatoms.